The molecule has 2 fully saturated rings. The predicted molar refractivity (Wildman–Crippen MR) is 147 cm³/mol. The van der Waals surface area contributed by atoms with Crippen LogP contribution >= 0.6 is 0 Å². The average Bonchev–Trinajstić information content (AvgIpc) is 3.34. The zero-order valence-corrected chi connectivity index (χ0v) is 23.6. The number of methoxy groups -OCH3 is 1. The number of rotatable bonds is 5. The van der Waals surface area contributed by atoms with Gasteiger partial charge in [-0.2, -0.15) is 15.1 Å². The van der Waals surface area contributed by atoms with Crippen molar-refractivity contribution in [1.29, 1.82) is 0 Å². The summed E-state index contributed by atoms with van der Waals surface area (Å²) in [7, 11) is 1.51. The molecule has 2 aromatic heterocycles. The number of piperidine rings is 1. The second-order valence-electron chi connectivity index (χ2n) is 11.4. The predicted octanol–water partition coefficient (Wildman–Crippen LogP) is 3.39. The normalized spacial score (nSPS) is 22.0. The van der Waals surface area contributed by atoms with Gasteiger partial charge in [0.2, 0.25) is 0 Å². The average molecular weight is 557 g/mol. The summed E-state index contributed by atoms with van der Waals surface area (Å²) in [6.07, 6.45) is 0.215. The van der Waals surface area contributed by atoms with Crippen LogP contribution < -0.4 is 9.64 Å². The van der Waals surface area contributed by atoms with E-state index in [1.54, 1.807) is 31.6 Å². The highest BCUT2D eigenvalue weighted by Crippen LogP contribution is 2.36. The molecule has 1 aromatic carbocycles. The van der Waals surface area contributed by atoms with Crippen molar-refractivity contribution in [2.45, 2.75) is 57.9 Å². The number of nitrogens with zero attached hydrogens (tertiary/aromatic N) is 6. The Kier molecular flexibility index (Phi) is 7.83. The number of hydrogen-bond donors (Lipinski definition) is 1. The standard InChI is InChI=1S/C28H37FN6O5/c1-17-10-18-13-30-35(25-12-24(31-26(32-25)38-5)33-8-9-39-19(14-33)16-36)23(18)11-21(17)20-6-7-34(15-22(20)29)27(37)40-28(2,3)4/h10-13,19-20,22,36H,6-9,14-16H2,1-5H3. The van der Waals surface area contributed by atoms with E-state index in [0.29, 0.717) is 44.3 Å². The number of carbonyl (C=O) groups excluding carboxylic acids is 1. The number of alkyl halides is 1. The van der Waals surface area contributed by atoms with Crippen LogP contribution in [-0.4, -0.2) is 100 Å². The number of halogens is 1. The van der Waals surface area contributed by atoms with Crippen molar-refractivity contribution in [3.05, 3.63) is 35.5 Å². The molecule has 0 spiro atoms. The van der Waals surface area contributed by atoms with Crippen LogP contribution in [0.2, 0.25) is 0 Å². The lowest BCUT2D eigenvalue weighted by Gasteiger charge is -2.36. The first-order chi connectivity index (χ1) is 19.1. The van der Waals surface area contributed by atoms with Gasteiger partial charge in [-0.15, -0.1) is 0 Å². The number of aromatic nitrogens is 4. The van der Waals surface area contributed by atoms with E-state index in [1.165, 1.54) is 12.0 Å². The summed E-state index contributed by atoms with van der Waals surface area (Å²) in [5.41, 5.74) is 2.00. The van der Waals surface area contributed by atoms with Gasteiger partial charge in [-0.1, -0.05) is 0 Å². The van der Waals surface area contributed by atoms with Gasteiger partial charge in [0.05, 0.1) is 44.7 Å². The quantitative estimate of drug-likeness (QED) is 0.505. The minimum absolute atomic E-state index is 0.0167. The number of hydrogen-bond acceptors (Lipinski definition) is 9. The highest BCUT2D eigenvalue weighted by molar-refractivity contribution is 5.82. The summed E-state index contributed by atoms with van der Waals surface area (Å²) in [5.74, 6) is 0.777. The number of aliphatic hydroxyl groups excluding tert-OH is 1. The van der Waals surface area contributed by atoms with Crippen molar-refractivity contribution >= 4 is 22.8 Å². The van der Waals surface area contributed by atoms with Gasteiger partial charge in [0.15, 0.2) is 5.82 Å². The molecule has 11 nitrogen and oxygen atoms in total. The molecule has 5 rings (SSSR count). The van der Waals surface area contributed by atoms with Gasteiger partial charge < -0.3 is 29.1 Å². The monoisotopic (exact) mass is 556 g/mol. The maximum atomic E-state index is 15.6. The van der Waals surface area contributed by atoms with Crippen molar-refractivity contribution in [1.82, 2.24) is 24.6 Å². The van der Waals surface area contributed by atoms with Gasteiger partial charge in [-0.3, -0.25) is 0 Å². The van der Waals surface area contributed by atoms with E-state index in [1.807, 2.05) is 30.0 Å². The molecule has 12 heteroatoms. The first-order valence-electron chi connectivity index (χ1n) is 13.6. The molecule has 40 heavy (non-hydrogen) atoms. The number of morpholine rings is 1. The number of ether oxygens (including phenoxy) is 3. The molecule has 3 aromatic rings. The number of anilines is 1. The van der Waals surface area contributed by atoms with E-state index in [9.17, 15) is 9.90 Å². The van der Waals surface area contributed by atoms with Gasteiger partial charge >= 0.3 is 12.1 Å². The maximum absolute atomic E-state index is 15.6. The van der Waals surface area contributed by atoms with E-state index in [2.05, 4.69) is 15.1 Å². The summed E-state index contributed by atoms with van der Waals surface area (Å²) in [6, 6.07) is 6.00. The van der Waals surface area contributed by atoms with Gasteiger partial charge in [0, 0.05) is 37.0 Å². The highest BCUT2D eigenvalue weighted by Gasteiger charge is 2.35. The summed E-state index contributed by atoms with van der Waals surface area (Å²) < 4.78 is 33.7. The zero-order valence-electron chi connectivity index (χ0n) is 23.6. The molecule has 2 aliphatic rings. The molecule has 3 atom stereocenters. The fourth-order valence-corrected chi connectivity index (χ4v) is 5.33. The lowest BCUT2D eigenvalue weighted by molar-refractivity contribution is 0.00333. The Hall–Kier alpha value is -3.51. The van der Waals surface area contributed by atoms with E-state index < -0.39 is 17.9 Å². The first-order valence-corrected chi connectivity index (χ1v) is 13.6. The Labute approximate surface area is 232 Å². The lowest BCUT2D eigenvalue weighted by Crippen LogP contribution is -2.46. The summed E-state index contributed by atoms with van der Waals surface area (Å²) in [6.45, 7) is 9.26. The van der Waals surface area contributed by atoms with Gasteiger partial charge in [-0.25, -0.2) is 13.9 Å². The maximum Gasteiger partial charge on any atom is 0.410 e. The fourth-order valence-electron chi connectivity index (χ4n) is 5.33. The van der Waals surface area contributed by atoms with Crippen LogP contribution in [-0.2, 0) is 9.47 Å². The molecule has 2 aliphatic heterocycles. The Bertz CT molecular complexity index is 1380. The zero-order chi connectivity index (χ0) is 28.6. The van der Waals surface area contributed by atoms with Crippen LogP contribution in [0.5, 0.6) is 6.01 Å². The number of fused-ring (bicyclic) bond motifs is 1. The molecule has 0 radical (unpaired) electrons. The summed E-state index contributed by atoms with van der Waals surface area (Å²) in [5, 5.41) is 15.1. The molecule has 0 saturated carbocycles. The molecule has 216 valence electrons. The van der Waals surface area contributed by atoms with E-state index in [-0.39, 0.29) is 31.2 Å². The third-order valence-electron chi connectivity index (χ3n) is 7.29. The topological polar surface area (TPSA) is 115 Å². The minimum atomic E-state index is -1.24. The largest absolute Gasteiger partial charge is 0.467 e. The smallest absolute Gasteiger partial charge is 0.410 e. The van der Waals surface area contributed by atoms with E-state index >= 15 is 4.39 Å². The second kappa shape index (κ2) is 11.2. The van der Waals surface area contributed by atoms with Crippen LogP contribution in [0, 0.1) is 6.92 Å². The van der Waals surface area contributed by atoms with Crippen LogP contribution in [0.4, 0.5) is 15.0 Å². The van der Waals surface area contributed by atoms with Crippen LogP contribution in [0.3, 0.4) is 0 Å². The molecular formula is C28H37FN6O5. The molecule has 1 amide bonds. The highest BCUT2D eigenvalue weighted by atomic mass is 19.1. The van der Waals surface area contributed by atoms with Gasteiger partial charge in [0.1, 0.15) is 17.6 Å². The Morgan fingerprint density at radius 3 is 2.65 bits per heavy atom. The third kappa shape index (κ3) is 5.83. The van der Waals surface area contributed by atoms with Gasteiger partial charge in [-0.05, 0) is 57.4 Å². The van der Waals surface area contributed by atoms with Crippen molar-refractivity contribution in [2.24, 2.45) is 0 Å². The molecule has 0 aliphatic carbocycles. The SMILES string of the molecule is COc1nc(N2CCOC(CO)C2)cc(-n2ncc3cc(C)c(C4CCN(C(=O)OC(C)(C)C)CC4F)cc32)n1. The Morgan fingerprint density at radius 1 is 1.18 bits per heavy atom. The first kappa shape index (κ1) is 28.0. The summed E-state index contributed by atoms with van der Waals surface area (Å²) in [4.78, 5) is 25.0. The molecule has 3 unspecified atom stereocenters. The van der Waals surface area contributed by atoms with Crippen molar-refractivity contribution in [3.8, 4) is 11.8 Å². The second-order valence-corrected chi connectivity index (χ2v) is 11.4. The van der Waals surface area contributed by atoms with Crippen LogP contribution in [0.25, 0.3) is 16.7 Å². The van der Waals surface area contributed by atoms with Crippen LogP contribution in [0.1, 0.15) is 44.2 Å². The van der Waals surface area contributed by atoms with E-state index in [0.717, 1.165) is 22.0 Å². The molecule has 0 bridgehead atoms. The van der Waals surface area contributed by atoms with Crippen molar-refractivity contribution in [2.75, 3.05) is 51.4 Å². The molecule has 4 heterocycles. The lowest BCUT2D eigenvalue weighted by atomic mass is 9.85. The number of carbonyl (C=O) groups is 1. The fraction of sp³-hybridized carbons (Fsp3) is 0.571. The number of amides is 1. The number of aliphatic hydroxyl groups is 1. The van der Waals surface area contributed by atoms with Gasteiger partial charge in [0.25, 0.3) is 0 Å². The summed E-state index contributed by atoms with van der Waals surface area (Å²) >= 11 is 0. The number of likely N-dealkylation sites (tertiary alicyclic amines) is 1. The molecular weight excluding hydrogens is 519 g/mol. The van der Waals surface area contributed by atoms with E-state index in [4.69, 9.17) is 14.2 Å². The number of aryl methyl sites for hydroxylation is 1. The molecule has 2 saturated heterocycles. The van der Waals surface area contributed by atoms with Crippen molar-refractivity contribution in [3.63, 3.8) is 0 Å². The third-order valence-corrected chi connectivity index (χ3v) is 7.29. The number of benzene rings is 1. The van der Waals surface area contributed by atoms with Crippen molar-refractivity contribution < 1.29 is 28.5 Å². The van der Waals surface area contributed by atoms with Crippen LogP contribution in [0.15, 0.2) is 24.4 Å². The molecule has 1 N–H and O–H groups in total. The Balaban J connectivity index is 1.45. The Morgan fingerprint density at radius 2 is 1.95 bits per heavy atom. The minimum Gasteiger partial charge on any atom is -0.467 e.